The largest absolute Gasteiger partial charge is 0.444 e. The van der Waals surface area contributed by atoms with E-state index in [0.717, 1.165) is 52.8 Å². The Labute approximate surface area is 218 Å². The number of hydrogen-bond donors (Lipinski definition) is 2. The van der Waals surface area contributed by atoms with Crippen LogP contribution in [-0.4, -0.2) is 16.7 Å². The molecule has 4 rings (SSSR count). The van der Waals surface area contributed by atoms with Crippen LogP contribution in [0.2, 0.25) is 0 Å². The Morgan fingerprint density at radius 2 is 1.78 bits per heavy atom. The molecule has 0 spiro atoms. The molecule has 1 aromatic heterocycles. The molecule has 1 aliphatic rings. The van der Waals surface area contributed by atoms with Crippen LogP contribution in [0.15, 0.2) is 73.4 Å². The third-order valence-electron chi connectivity index (χ3n) is 6.34. The quantitative estimate of drug-likeness (QED) is 0.367. The van der Waals surface area contributed by atoms with Crippen LogP contribution in [0.25, 0.3) is 33.5 Å². The molecule has 36 heavy (non-hydrogen) atoms. The molecule has 1 aliphatic carbocycles. The van der Waals surface area contributed by atoms with Crippen LogP contribution in [0.5, 0.6) is 0 Å². The second-order valence-corrected chi connectivity index (χ2v) is 10.5. The van der Waals surface area contributed by atoms with Crippen LogP contribution < -0.4 is 11.1 Å². The Balaban J connectivity index is 1.75. The Kier molecular flexibility index (Phi) is 7.23. The van der Waals surface area contributed by atoms with Crippen LogP contribution in [0, 0.1) is 0 Å². The molecular formula is C30H32ClN3O2. The molecule has 1 fully saturated rings. The predicted octanol–water partition coefficient (Wildman–Crippen LogP) is 7.46. The molecule has 0 saturated heterocycles. The molecule has 3 N–H and O–H groups in total. The van der Waals surface area contributed by atoms with Crippen molar-refractivity contribution in [2.24, 2.45) is 5.73 Å². The Morgan fingerprint density at radius 1 is 1.11 bits per heavy atom. The topological polar surface area (TPSA) is 77.2 Å². The van der Waals surface area contributed by atoms with E-state index in [1.165, 1.54) is 6.20 Å². The molecule has 2 aromatic carbocycles. The van der Waals surface area contributed by atoms with Gasteiger partial charge in [-0.2, -0.15) is 0 Å². The minimum absolute atomic E-state index is 0.394. The van der Waals surface area contributed by atoms with Crippen molar-refractivity contribution < 1.29 is 9.53 Å². The molecule has 0 unspecified atom stereocenters. The van der Waals surface area contributed by atoms with Crippen molar-refractivity contribution in [1.82, 2.24) is 10.3 Å². The van der Waals surface area contributed by atoms with Gasteiger partial charge in [0, 0.05) is 21.7 Å². The smallest absolute Gasteiger partial charge is 0.408 e. The number of nitrogens with one attached hydrogen (secondary N) is 1. The summed E-state index contributed by atoms with van der Waals surface area (Å²) in [5.74, 6) is 0. The zero-order chi connectivity index (χ0) is 25.9. The first-order valence-corrected chi connectivity index (χ1v) is 12.5. The van der Waals surface area contributed by atoms with E-state index in [2.05, 4.69) is 24.0 Å². The fourth-order valence-electron chi connectivity index (χ4n) is 4.48. The number of amides is 1. The van der Waals surface area contributed by atoms with Crippen LogP contribution in [-0.2, 0) is 10.3 Å². The first-order chi connectivity index (χ1) is 17.1. The summed E-state index contributed by atoms with van der Waals surface area (Å²) in [6, 6.07) is 20.3. The number of benzene rings is 2. The van der Waals surface area contributed by atoms with Crippen molar-refractivity contribution >= 4 is 28.8 Å². The number of carbonyl (C=O) groups excluding carboxylic acids is 1. The highest BCUT2D eigenvalue weighted by Gasteiger charge is 2.41. The van der Waals surface area contributed by atoms with E-state index in [1.54, 1.807) is 6.08 Å². The summed E-state index contributed by atoms with van der Waals surface area (Å²) in [6.07, 6.45) is 5.58. The van der Waals surface area contributed by atoms with Gasteiger partial charge in [-0.1, -0.05) is 72.8 Å². The Morgan fingerprint density at radius 3 is 2.31 bits per heavy atom. The van der Waals surface area contributed by atoms with E-state index in [1.807, 2.05) is 69.3 Å². The summed E-state index contributed by atoms with van der Waals surface area (Å²) in [6.45, 7) is 9.51. The standard InChI is InChI=1S/C30H32ClN3O2/c1-20(31)24-19-25(21-9-6-5-7-10-21)27(33-26(24)15-18-32)22-11-13-23(14-12-22)30(16-8-17-30)34-28(35)36-29(2,3)4/h5-7,9-15,18-19H,1,8,16-17,32H2,2-4H3,(H,34,35)/b18-15-. The molecule has 0 aliphatic heterocycles. The minimum Gasteiger partial charge on any atom is -0.444 e. The van der Waals surface area contributed by atoms with Gasteiger partial charge in [-0.25, -0.2) is 9.78 Å². The van der Waals surface area contributed by atoms with Gasteiger partial charge in [-0.3, -0.25) is 0 Å². The van der Waals surface area contributed by atoms with Gasteiger partial charge in [0.05, 0.1) is 16.9 Å². The van der Waals surface area contributed by atoms with Crippen molar-refractivity contribution in [2.45, 2.75) is 51.2 Å². The number of alkyl carbamates (subject to hydrolysis) is 1. The maximum Gasteiger partial charge on any atom is 0.408 e. The number of nitrogens with two attached hydrogens (primary N) is 1. The fourth-order valence-corrected chi connectivity index (χ4v) is 4.63. The number of aromatic nitrogens is 1. The van der Waals surface area contributed by atoms with Gasteiger partial charge in [-0.15, -0.1) is 0 Å². The number of halogens is 1. The van der Waals surface area contributed by atoms with E-state index < -0.39 is 17.2 Å². The van der Waals surface area contributed by atoms with Crippen LogP contribution in [0.4, 0.5) is 4.79 Å². The Bertz CT molecular complexity index is 1290. The first kappa shape index (κ1) is 25.5. The molecule has 6 heteroatoms. The highest BCUT2D eigenvalue weighted by molar-refractivity contribution is 6.48. The number of pyridine rings is 1. The Hall–Kier alpha value is -3.57. The number of hydrogen-bond acceptors (Lipinski definition) is 4. The van der Waals surface area contributed by atoms with E-state index in [4.69, 9.17) is 27.1 Å². The fraction of sp³-hybridized carbons (Fsp3) is 0.267. The third-order valence-corrected chi connectivity index (χ3v) is 6.54. The highest BCUT2D eigenvalue weighted by Crippen LogP contribution is 2.43. The molecule has 0 bridgehead atoms. The summed E-state index contributed by atoms with van der Waals surface area (Å²) in [5, 5.41) is 3.52. The lowest BCUT2D eigenvalue weighted by Crippen LogP contribution is -2.52. The summed E-state index contributed by atoms with van der Waals surface area (Å²) in [7, 11) is 0. The molecule has 5 nitrogen and oxygen atoms in total. The lowest BCUT2D eigenvalue weighted by atomic mass is 9.71. The lowest BCUT2D eigenvalue weighted by molar-refractivity contribution is 0.0377. The SMILES string of the molecule is C=C(Cl)c1cc(-c2ccccc2)c(-c2ccc(C3(NC(=O)OC(C)(C)C)CCC3)cc2)nc1/C=C\N. The maximum atomic E-state index is 12.5. The molecule has 186 valence electrons. The van der Waals surface area contributed by atoms with Crippen LogP contribution in [0.3, 0.4) is 0 Å². The van der Waals surface area contributed by atoms with Crippen molar-refractivity contribution in [2.75, 3.05) is 0 Å². The molecule has 3 aromatic rings. The summed E-state index contributed by atoms with van der Waals surface area (Å²) in [5.41, 5.74) is 10.9. The van der Waals surface area contributed by atoms with Gasteiger partial charge < -0.3 is 15.8 Å². The number of rotatable bonds is 6. The molecule has 0 radical (unpaired) electrons. The highest BCUT2D eigenvalue weighted by atomic mass is 35.5. The molecule has 1 amide bonds. The summed E-state index contributed by atoms with van der Waals surface area (Å²) < 4.78 is 5.52. The number of carbonyl (C=O) groups is 1. The zero-order valence-electron chi connectivity index (χ0n) is 21.0. The van der Waals surface area contributed by atoms with E-state index in [0.29, 0.717) is 10.7 Å². The monoisotopic (exact) mass is 501 g/mol. The van der Waals surface area contributed by atoms with Crippen LogP contribution >= 0.6 is 11.6 Å². The van der Waals surface area contributed by atoms with Crippen molar-refractivity contribution in [3.63, 3.8) is 0 Å². The second-order valence-electron chi connectivity index (χ2n) is 10.1. The van der Waals surface area contributed by atoms with Gasteiger partial charge >= 0.3 is 6.09 Å². The molecule has 1 heterocycles. The number of ether oxygens (including phenoxy) is 1. The average Bonchev–Trinajstić information content (AvgIpc) is 2.81. The van der Waals surface area contributed by atoms with Crippen molar-refractivity contribution in [3.05, 3.63) is 90.3 Å². The minimum atomic E-state index is -0.547. The third kappa shape index (κ3) is 5.47. The molecule has 1 saturated carbocycles. The maximum absolute atomic E-state index is 12.5. The van der Waals surface area contributed by atoms with Gasteiger partial charge in [0.2, 0.25) is 0 Å². The molecule has 0 atom stereocenters. The summed E-state index contributed by atoms with van der Waals surface area (Å²) >= 11 is 6.32. The van der Waals surface area contributed by atoms with Crippen LogP contribution in [0.1, 0.15) is 56.9 Å². The second kappa shape index (κ2) is 10.2. The normalized spacial score (nSPS) is 14.8. The van der Waals surface area contributed by atoms with E-state index >= 15 is 0 Å². The summed E-state index contributed by atoms with van der Waals surface area (Å²) in [4.78, 5) is 17.5. The van der Waals surface area contributed by atoms with E-state index in [-0.39, 0.29) is 0 Å². The van der Waals surface area contributed by atoms with Gasteiger partial charge in [0.15, 0.2) is 0 Å². The van der Waals surface area contributed by atoms with Gasteiger partial charge in [-0.05, 0) is 69.5 Å². The van der Waals surface area contributed by atoms with Crippen molar-refractivity contribution in [1.29, 1.82) is 0 Å². The average molecular weight is 502 g/mol. The predicted molar refractivity (Wildman–Crippen MR) is 148 cm³/mol. The lowest BCUT2D eigenvalue weighted by Gasteiger charge is -2.43. The first-order valence-electron chi connectivity index (χ1n) is 12.1. The molecular weight excluding hydrogens is 470 g/mol. The zero-order valence-corrected chi connectivity index (χ0v) is 21.7. The number of nitrogens with zero attached hydrogens (tertiary/aromatic N) is 1. The van der Waals surface area contributed by atoms with E-state index in [9.17, 15) is 4.79 Å². The van der Waals surface area contributed by atoms with Crippen molar-refractivity contribution in [3.8, 4) is 22.4 Å². The van der Waals surface area contributed by atoms with Gasteiger partial charge in [0.25, 0.3) is 0 Å². The van der Waals surface area contributed by atoms with Gasteiger partial charge in [0.1, 0.15) is 5.60 Å².